The summed E-state index contributed by atoms with van der Waals surface area (Å²) in [6.07, 6.45) is 8.57. The average molecular weight is 355 g/mol. The van der Waals surface area contributed by atoms with Crippen LogP contribution in [0.15, 0.2) is 36.9 Å². The van der Waals surface area contributed by atoms with Crippen LogP contribution in [0.3, 0.4) is 0 Å². The largest absolute Gasteiger partial charge is 0.338 e. The molecular formula is C19H25N5O2. The molecule has 7 heteroatoms. The van der Waals surface area contributed by atoms with Gasteiger partial charge in [-0.1, -0.05) is 0 Å². The first-order valence-electron chi connectivity index (χ1n) is 9.00. The van der Waals surface area contributed by atoms with E-state index in [1.165, 1.54) is 0 Å². The molecule has 26 heavy (non-hydrogen) atoms. The highest BCUT2D eigenvalue weighted by Crippen LogP contribution is 2.19. The predicted molar refractivity (Wildman–Crippen MR) is 97.5 cm³/mol. The van der Waals surface area contributed by atoms with Crippen molar-refractivity contribution in [1.82, 2.24) is 24.3 Å². The van der Waals surface area contributed by atoms with Crippen molar-refractivity contribution in [3.63, 3.8) is 0 Å². The number of nitrogens with zero attached hydrogens (tertiary/aromatic N) is 5. The minimum absolute atomic E-state index is 0.0139. The molecule has 0 atom stereocenters. The second-order valence-electron chi connectivity index (χ2n) is 6.65. The third-order valence-electron chi connectivity index (χ3n) is 5.01. The van der Waals surface area contributed by atoms with Gasteiger partial charge in [-0.05, 0) is 31.9 Å². The van der Waals surface area contributed by atoms with E-state index in [4.69, 9.17) is 0 Å². The van der Waals surface area contributed by atoms with Gasteiger partial charge in [0, 0.05) is 63.9 Å². The summed E-state index contributed by atoms with van der Waals surface area (Å²) in [7, 11) is 0. The number of aryl methyl sites for hydroxylation is 1. The Bertz CT molecular complexity index is 750. The number of carbonyl (C=O) groups excluding carboxylic acids is 2. The molecule has 1 fully saturated rings. The fraction of sp³-hybridized carbons (Fsp3) is 0.474. The molecule has 3 heterocycles. The van der Waals surface area contributed by atoms with Gasteiger partial charge in [0.25, 0.3) is 5.91 Å². The summed E-state index contributed by atoms with van der Waals surface area (Å²) in [6.45, 7) is 6.29. The van der Waals surface area contributed by atoms with E-state index in [0.717, 1.165) is 25.2 Å². The Morgan fingerprint density at radius 3 is 2.62 bits per heavy atom. The van der Waals surface area contributed by atoms with E-state index in [9.17, 15) is 9.59 Å². The van der Waals surface area contributed by atoms with E-state index in [1.807, 2.05) is 22.9 Å². The zero-order valence-electron chi connectivity index (χ0n) is 15.3. The number of hydrogen-bond donors (Lipinski definition) is 0. The van der Waals surface area contributed by atoms with E-state index in [0.29, 0.717) is 25.2 Å². The van der Waals surface area contributed by atoms with Crippen molar-refractivity contribution in [2.45, 2.75) is 39.3 Å². The summed E-state index contributed by atoms with van der Waals surface area (Å²) >= 11 is 0. The Kier molecular flexibility index (Phi) is 5.65. The van der Waals surface area contributed by atoms with Crippen LogP contribution in [0.5, 0.6) is 0 Å². The number of imidazole rings is 1. The standard InChI is InChI=1S/C19H25N5O2/c1-15-21-8-11-22(15)12-13-24(16(2)25)18-5-9-23(10-6-18)19(26)17-4-3-7-20-14-17/h3-4,7-8,11,14,18H,5-6,9-10,12-13H2,1-2H3. The smallest absolute Gasteiger partial charge is 0.255 e. The zero-order chi connectivity index (χ0) is 18.5. The van der Waals surface area contributed by atoms with Gasteiger partial charge in [0.05, 0.1) is 5.56 Å². The molecule has 1 aliphatic heterocycles. The molecule has 0 aromatic carbocycles. The fourth-order valence-corrected chi connectivity index (χ4v) is 3.51. The number of amides is 2. The first-order valence-corrected chi connectivity index (χ1v) is 9.00. The van der Waals surface area contributed by atoms with Crippen molar-refractivity contribution in [3.05, 3.63) is 48.3 Å². The number of hydrogen-bond acceptors (Lipinski definition) is 4. The van der Waals surface area contributed by atoms with Crippen molar-refractivity contribution in [2.24, 2.45) is 0 Å². The van der Waals surface area contributed by atoms with Crippen LogP contribution in [0, 0.1) is 6.92 Å². The minimum atomic E-state index is 0.0139. The zero-order valence-corrected chi connectivity index (χ0v) is 15.3. The molecule has 0 radical (unpaired) electrons. The monoisotopic (exact) mass is 355 g/mol. The van der Waals surface area contributed by atoms with Crippen LogP contribution in [-0.2, 0) is 11.3 Å². The van der Waals surface area contributed by atoms with Crippen LogP contribution in [0.2, 0.25) is 0 Å². The van der Waals surface area contributed by atoms with Crippen LogP contribution in [0.4, 0.5) is 0 Å². The Morgan fingerprint density at radius 2 is 2.04 bits per heavy atom. The third kappa shape index (κ3) is 4.09. The van der Waals surface area contributed by atoms with Crippen molar-refractivity contribution in [3.8, 4) is 0 Å². The molecule has 0 aliphatic carbocycles. The maximum atomic E-state index is 12.5. The van der Waals surface area contributed by atoms with Gasteiger partial charge in [-0.25, -0.2) is 4.98 Å². The second-order valence-corrected chi connectivity index (χ2v) is 6.65. The number of pyridine rings is 1. The topological polar surface area (TPSA) is 71.3 Å². The summed E-state index contributed by atoms with van der Waals surface area (Å²) in [5.74, 6) is 1.05. The summed E-state index contributed by atoms with van der Waals surface area (Å²) in [4.78, 5) is 36.7. The maximum absolute atomic E-state index is 12.5. The van der Waals surface area contributed by atoms with Gasteiger partial charge in [-0.15, -0.1) is 0 Å². The van der Waals surface area contributed by atoms with Gasteiger partial charge >= 0.3 is 0 Å². The Morgan fingerprint density at radius 1 is 1.27 bits per heavy atom. The highest BCUT2D eigenvalue weighted by Gasteiger charge is 2.28. The highest BCUT2D eigenvalue weighted by atomic mass is 16.2. The van der Waals surface area contributed by atoms with Gasteiger partial charge in [0.1, 0.15) is 5.82 Å². The SMILES string of the molecule is CC(=O)N(CCn1ccnc1C)C1CCN(C(=O)c2cccnc2)CC1. The van der Waals surface area contributed by atoms with Crippen LogP contribution < -0.4 is 0 Å². The molecule has 1 saturated heterocycles. The van der Waals surface area contributed by atoms with Crippen LogP contribution in [-0.4, -0.2) is 61.8 Å². The molecule has 138 valence electrons. The molecule has 0 spiro atoms. The number of piperidine rings is 1. The molecule has 0 N–H and O–H groups in total. The second kappa shape index (κ2) is 8.12. The molecule has 0 bridgehead atoms. The predicted octanol–water partition coefficient (Wildman–Crippen LogP) is 1.74. The molecule has 0 saturated carbocycles. The van der Waals surface area contributed by atoms with E-state index in [1.54, 1.807) is 37.6 Å². The summed E-state index contributed by atoms with van der Waals surface area (Å²) in [5.41, 5.74) is 0.616. The third-order valence-corrected chi connectivity index (χ3v) is 5.01. The lowest BCUT2D eigenvalue weighted by molar-refractivity contribution is -0.132. The van der Waals surface area contributed by atoms with Crippen LogP contribution in [0.1, 0.15) is 35.9 Å². The first kappa shape index (κ1) is 18.1. The van der Waals surface area contributed by atoms with E-state index >= 15 is 0 Å². The average Bonchev–Trinajstić information content (AvgIpc) is 3.07. The van der Waals surface area contributed by atoms with Crippen molar-refractivity contribution in [2.75, 3.05) is 19.6 Å². The Hall–Kier alpha value is -2.70. The Balaban J connectivity index is 1.57. The van der Waals surface area contributed by atoms with Crippen molar-refractivity contribution >= 4 is 11.8 Å². The van der Waals surface area contributed by atoms with Gasteiger partial charge in [-0.2, -0.15) is 0 Å². The van der Waals surface area contributed by atoms with Gasteiger partial charge in [0.2, 0.25) is 5.91 Å². The van der Waals surface area contributed by atoms with E-state index < -0.39 is 0 Å². The molecule has 2 amide bonds. The number of aromatic nitrogens is 3. The van der Waals surface area contributed by atoms with E-state index in [2.05, 4.69) is 14.5 Å². The molecule has 3 rings (SSSR count). The highest BCUT2D eigenvalue weighted by molar-refractivity contribution is 5.93. The fourth-order valence-electron chi connectivity index (χ4n) is 3.51. The Labute approximate surface area is 153 Å². The summed E-state index contributed by atoms with van der Waals surface area (Å²) < 4.78 is 2.05. The molecule has 1 aliphatic rings. The lowest BCUT2D eigenvalue weighted by Gasteiger charge is -2.38. The quantitative estimate of drug-likeness (QED) is 0.819. The summed E-state index contributed by atoms with van der Waals surface area (Å²) in [6, 6.07) is 3.74. The van der Waals surface area contributed by atoms with Crippen molar-refractivity contribution < 1.29 is 9.59 Å². The van der Waals surface area contributed by atoms with Crippen molar-refractivity contribution in [1.29, 1.82) is 0 Å². The molecule has 7 nitrogen and oxygen atoms in total. The lowest BCUT2D eigenvalue weighted by Crippen LogP contribution is -2.49. The number of carbonyl (C=O) groups is 2. The first-order chi connectivity index (χ1) is 12.6. The van der Waals surface area contributed by atoms with Crippen LogP contribution in [0.25, 0.3) is 0 Å². The van der Waals surface area contributed by atoms with Gasteiger partial charge < -0.3 is 14.4 Å². The van der Waals surface area contributed by atoms with Gasteiger partial charge in [-0.3, -0.25) is 14.6 Å². The summed E-state index contributed by atoms with van der Waals surface area (Å²) in [5, 5.41) is 0. The lowest BCUT2D eigenvalue weighted by atomic mass is 10.0. The number of rotatable bonds is 5. The van der Waals surface area contributed by atoms with E-state index in [-0.39, 0.29) is 17.9 Å². The molecule has 2 aromatic rings. The van der Waals surface area contributed by atoms with Crippen LogP contribution >= 0.6 is 0 Å². The molecular weight excluding hydrogens is 330 g/mol. The minimum Gasteiger partial charge on any atom is -0.338 e. The molecule has 2 aromatic heterocycles. The van der Waals surface area contributed by atoms with Gasteiger partial charge in [0.15, 0.2) is 0 Å². The maximum Gasteiger partial charge on any atom is 0.255 e. The normalized spacial score (nSPS) is 15.1. The molecule has 0 unspecified atom stereocenters. The number of likely N-dealkylation sites (tertiary alicyclic amines) is 1.